The fraction of sp³-hybridized carbons (Fsp3) is 0.310. The van der Waals surface area contributed by atoms with Gasteiger partial charge in [-0.15, -0.1) is 0 Å². The molecule has 1 unspecified atom stereocenters. The van der Waals surface area contributed by atoms with Crippen LogP contribution in [-0.2, 0) is 4.79 Å². The van der Waals surface area contributed by atoms with Gasteiger partial charge in [0.25, 0.3) is 0 Å². The fourth-order valence-corrected chi connectivity index (χ4v) is 5.23. The van der Waals surface area contributed by atoms with Crippen molar-refractivity contribution in [1.29, 1.82) is 0 Å². The van der Waals surface area contributed by atoms with Gasteiger partial charge in [0.1, 0.15) is 11.4 Å². The van der Waals surface area contributed by atoms with Gasteiger partial charge in [0.2, 0.25) is 17.3 Å². The van der Waals surface area contributed by atoms with Crippen LogP contribution in [0.25, 0.3) is 22.2 Å². The van der Waals surface area contributed by atoms with Crippen molar-refractivity contribution in [3.8, 4) is 11.3 Å². The topological polar surface area (TPSA) is 134 Å². The third kappa shape index (κ3) is 5.25. The summed E-state index contributed by atoms with van der Waals surface area (Å²) in [5, 5.41) is 12.3. The summed E-state index contributed by atoms with van der Waals surface area (Å²) in [4.78, 5) is 54.0. The number of carbonyl (C=O) groups excluding carboxylic acids is 1. The van der Waals surface area contributed by atoms with Crippen LogP contribution in [0.15, 0.2) is 59.9 Å². The van der Waals surface area contributed by atoms with Crippen LogP contribution in [0.4, 0.5) is 16.0 Å². The number of amides is 1. The zero-order valence-corrected chi connectivity index (χ0v) is 22.3. The maximum absolute atomic E-state index is 15.3. The molecule has 1 saturated carbocycles. The lowest BCUT2D eigenvalue weighted by atomic mass is 10.1. The number of fused-ring (bicyclic) bond motifs is 1. The Labute approximate surface area is 234 Å². The summed E-state index contributed by atoms with van der Waals surface area (Å²) in [6, 6.07) is 7.85. The lowest BCUT2D eigenvalue weighted by Gasteiger charge is -2.38. The molecule has 0 bridgehead atoms. The van der Waals surface area contributed by atoms with Crippen molar-refractivity contribution < 1.29 is 19.1 Å². The van der Waals surface area contributed by atoms with Gasteiger partial charge in [0.15, 0.2) is 0 Å². The highest BCUT2D eigenvalue weighted by molar-refractivity contribution is 5.94. The maximum Gasteiger partial charge on any atom is 0.341 e. The van der Waals surface area contributed by atoms with Crippen LogP contribution >= 0.6 is 0 Å². The number of halogens is 1. The maximum atomic E-state index is 15.3. The number of carboxylic acid groups (broad SMARTS) is 1. The van der Waals surface area contributed by atoms with E-state index in [0.717, 1.165) is 24.5 Å². The Morgan fingerprint density at radius 2 is 1.90 bits per heavy atom. The zero-order chi connectivity index (χ0) is 28.7. The molecule has 210 valence electrons. The fourth-order valence-electron chi connectivity index (χ4n) is 5.23. The van der Waals surface area contributed by atoms with Crippen LogP contribution in [0.2, 0.25) is 0 Å². The average molecular weight is 558 g/mol. The molecule has 1 aliphatic carbocycles. The molecule has 0 radical (unpaired) electrons. The Balaban J connectivity index is 1.16. The molecular formula is C29H28FN7O4. The Morgan fingerprint density at radius 1 is 1.12 bits per heavy atom. The summed E-state index contributed by atoms with van der Waals surface area (Å²) in [7, 11) is 0. The first kappa shape index (κ1) is 26.5. The van der Waals surface area contributed by atoms with E-state index in [9.17, 15) is 19.5 Å². The number of benzene rings is 1. The van der Waals surface area contributed by atoms with Crippen LogP contribution < -0.4 is 15.6 Å². The monoisotopic (exact) mass is 557 g/mol. The van der Waals surface area contributed by atoms with E-state index in [4.69, 9.17) is 0 Å². The molecule has 3 aromatic heterocycles. The molecule has 1 amide bonds. The standard InChI is InChI=1S/C29H28FN7O4/c1-17(27(39)34-29-32-8-6-23(33-29)18-3-2-7-31-15-18)35-9-11-36(12-10-35)25-14-24-20(13-22(25)30)26(38)21(28(40)41)16-37(24)19-4-5-19/h2-3,6-8,13-17,19H,4-5,9-12H2,1H3,(H,40,41)(H,32,33,34,39). The number of aromatic nitrogens is 4. The van der Waals surface area contributed by atoms with E-state index in [1.54, 1.807) is 42.2 Å². The number of nitrogens with zero attached hydrogens (tertiary/aromatic N) is 6. The summed E-state index contributed by atoms with van der Waals surface area (Å²) in [5.41, 5.74) is 1.30. The number of anilines is 2. The molecule has 1 aliphatic heterocycles. The highest BCUT2D eigenvalue weighted by atomic mass is 19.1. The first-order valence-electron chi connectivity index (χ1n) is 13.4. The third-order valence-electron chi connectivity index (χ3n) is 7.70. The van der Waals surface area contributed by atoms with Crippen molar-refractivity contribution in [2.24, 2.45) is 0 Å². The van der Waals surface area contributed by atoms with Crippen LogP contribution in [-0.4, -0.2) is 73.6 Å². The second-order valence-corrected chi connectivity index (χ2v) is 10.3. The lowest BCUT2D eigenvalue weighted by Crippen LogP contribution is -2.53. The number of hydrogen-bond donors (Lipinski definition) is 2. The Hall–Kier alpha value is -4.71. The van der Waals surface area contributed by atoms with Gasteiger partial charge in [-0.05, 0) is 50.1 Å². The minimum absolute atomic E-state index is 0.0665. The molecule has 6 rings (SSSR count). The molecule has 4 heterocycles. The van der Waals surface area contributed by atoms with E-state index in [1.165, 1.54) is 6.20 Å². The van der Waals surface area contributed by atoms with E-state index in [-0.39, 0.29) is 28.8 Å². The number of pyridine rings is 2. The van der Waals surface area contributed by atoms with Crippen LogP contribution in [0, 0.1) is 5.82 Å². The van der Waals surface area contributed by atoms with Gasteiger partial charge >= 0.3 is 5.97 Å². The van der Waals surface area contributed by atoms with Crippen molar-refractivity contribution in [2.75, 3.05) is 36.4 Å². The average Bonchev–Trinajstić information content (AvgIpc) is 3.83. The molecule has 41 heavy (non-hydrogen) atoms. The SMILES string of the molecule is CC(C(=O)Nc1nccc(-c2cccnc2)n1)N1CCN(c2cc3c(cc2F)c(=O)c(C(=O)O)cn3C2CC2)CC1. The van der Waals surface area contributed by atoms with Gasteiger partial charge in [-0.1, -0.05) is 0 Å². The number of hydrogen-bond acceptors (Lipinski definition) is 8. The first-order valence-corrected chi connectivity index (χ1v) is 13.4. The number of piperazine rings is 1. The van der Waals surface area contributed by atoms with Gasteiger partial charge in [0, 0.05) is 68.0 Å². The van der Waals surface area contributed by atoms with Crippen molar-refractivity contribution in [3.05, 3.63) is 76.7 Å². The van der Waals surface area contributed by atoms with Crippen LogP contribution in [0.5, 0.6) is 0 Å². The lowest BCUT2D eigenvalue weighted by molar-refractivity contribution is -0.120. The Bertz CT molecular complexity index is 1700. The summed E-state index contributed by atoms with van der Waals surface area (Å²) >= 11 is 0. The molecule has 1 aromatic carbocycles. The van der Waals surface area contributed by atoms with Gasteiger partial charge < -0.3 is 14.6 Å². The van der Waals surface area contributed by atoms with Gasteiger partial charge in [-0.25, -0.2) is 19.2 Å². The predicted octanol–water partition coefficient (Wildman–Crippen LogP) is 3.17. The smallest absolute Gasteiger partial charge is 0.341 e. The van der Waals surface area contributed by atoms with Gasteiger partial charge in [0.05, 0.1) is 22.9 Å². The highest BCUT2D eigenvalue weighted by Crippen LogP contribution is 2.38. The highest BCUT2D eigenvalue weighted by Gasteiger charge is 2.30. The minimum Gasteiger partial charge on any atom is -0.477 e. The molecule has 4 aromatic rings. The van der Waals surface area contributed by atoms with Crippen LogP contribution in [0.3, 0.4) is 0 Å². The molecule has 2 N–H and O–H groups in total. The summed E-state index contributed by atoms with van der Waals surface area (Å²) in [6.07, 6.45) is 8.07. The number of aromatic carboxylic acids is 1. The molecule has 1 atom stereocenters. The normalized spacial score (nSPS) is 16.5. The van der Waals surface area contributed by atoms with Gasteiger partial charge in [-0.3, -0.25) is 24.8 Å². The summed E-state index contributed by atoms with van der Waals surface area (Å²) in [6.45, 7) is 3.76. The Kier molecular flexibility index (Phi) is 6.91. The quantitative estimate of drug-likeness (QED) is 0.351. The minimum atomic E-state index is -1.32. The van der Waals surface area contributed by atoms with Crippen molar-refractivity contribution in [1.82, 2.24) is 24.4 Å². The second-order valence-electron chi connectivity index (χ2n) is 10.3. The zero-order valence-electron chi connectivity index (χ0n) is 22.3. The molecule has 1 saturated heterocycles. The van der Waals surface area contributed by atoms with E-state index >= 15 is 4.39 Å². The third-order valence-corrected chi connectivity index (χ3v) is 7.70. The molecular weight excluding hydrogens is 529 g/mol. The summed E-state index contributed by atoms with van der Waals surface area (Å²) in [5.74, 6) is -1.95. The number of carboxylic acids is 1. The van der Waals surface area contributed by atoms with Gasteiger partial charge in [-0.2, -0.15) is 0 Å². The number of carbonyl (C=O) groups is 2. The molecule has 2 aliphatic rings. The summed E-state index contributed by atoms with van der Waals surface area (Å²) < 4.78 is 17.1. The molecule has 11 nitrogen and oxygen atoms in total. The predicted molar refractivity (Wildman–Crippen MR) is 151 cm³/mol. The molecule has 0 spiro atoms. The first-order chi connectivity index (χ1) is 19.8. The number of rotatable bonds is 7. The van der Waals surface area contributed by atoms with E-state index in [2.05, 4.69) is 20.3 Å². The van der Waals surface area contributed by atoms with E-state index < -0.39 is 23.3 Å². The number of nitrogens with one attached hydrogen (secondary N) is 1. The molecule has 2 fully saturated rings. The second kappa shape index (κ2) is 10.7. The Morgan fingerprint density at radius 3 is 2.59 bits per heavy atom. The van der Waals surface area contributed by atoms with Crippen LogP contribution in [0.1, 0.15) is 36.2 Å². The van der Waals surface area contributed by atoms with E-state index in [1.807, 2.05) is 21.9 Å². The van der Waals surface area contributed by atoms with Crippen molar-refractivity contribution >= 4 is 34.4 Å². The van der Waals surface area contributed by atoms with E-state index in [0.29, 0.717) is 43.1 Å². The van der Waals surface area contributed by atoms with Crippen molar-refractivity contribution in [3.63, 3.8) is 0 Å². The largest absolute Gasteiger partial charge is 0.477 e. The van der Waals surface area contributed by atoms with Crippen molar-refractivity contribution in [2.45, 2.75) is 31.8 Å². The molecule has 12 heteroatoms.